The van der Waals surface area contributed by atoms with Crippen molar-refractivity contribution in [2.24, 2.45) is 5.92 Å². The van der Waals surface area contributed by atoms with Crippen molar-refractivity contribution >= 4 is 24.2 Å². The van der Waals surface area contributed by atoms with Gasteiger partial charge in [0.15, 0.2) is 11.5 Å². The topological polar surface area (TPSA) is 151 Å². The van der Waals surface area contributed by atoms with E-state index in [9.17, 15) is 14.9 Å². The van der Waals surface area contributed by atoms with Crippen LogP contribution in [0, 0.1) is 17.2 Å². The molecule has 11 nitrogen and oxygen atoms in total. The molecule has 0 bridgehead atoms. The number of piperidine rings is 1. The molecule has 1 aromatic rings. The molecule has 11 heteroatoms. The van der Waals surface area contributed by atoms with E-state index in [4.69, 9.17) is 15.0 Å². The van der Waals surface area contributed by atoms with Gasteiger partial charge in [-0.3, -0.25) is 14.5 Å². The van der Waals surface area contributed by atoms with Crippen LogP contribution >= 0.6 is 0 Å². The molecular weight excluding hydrogens is 404 g/mol. The standard InChI is InChI=1S/C19H26N6O3.CH2O2/c1-14(2)13-25-18(28)24(8-3-11-26)17(27)19(25)4-9-23(10-5-19)16-15(12-20)21-6-7-22-16;2-1-3/h6-7,14,26H,3-5,8-11,13H2,1-2H3;1H,(H,2,3). The average Bonchev–Trinajstić information content (AvgIpc) is 2.94. The average molecular weight is 432 g/mol. The molecule has 2 aliphatic heterocycles. The second kappa shape index (κ2) is 10.7. The fourth-order valence-corrected chi connectivity index (χ4v) is 4.04. The Balaban J connectivity index is 0.00000107. The molecule has 1 spiro atoms. The van der Waals surface area contributed by atoms with Crippen LogP contribution in [0.25, 0.3) is 0 Å². The highest BCUT2D eigenvalue weighted by Gasteiger charge is 2.57. The van der Waals surface area contributed by atoms with Crippen molar-refractivity contribution in [3.05, 3.63) is 18.1 Å². The first kappa shape index (κ1) is 24.0. The number of urea groups is 1. The predicted molar refractivity (Wildman–Crippen MR) is 110 cm³/mol. The molecule has 2 fully saturated rings. The lowest BCUT2D eigenvalue weighted by Gasteiger charge is -2.43. The van der Waals surface area contributed by atoms with Crippen molar-refractivity contribution in [3.63, 3.8) is 0 Å². The molecule has 0 aliphatic carbocycles. The van der Waals surface area contributed by atoms with Crippen molar-refractivity contribution in [1.29, 1.82) is 5.26 Å². The van der Waals surface area contributed by atoms with Crippen LogP contribution in [0.4, 0.5) is 10.6 Å². The number of amides is 3. The van der Waals surface area contributed by atoms with Crippen LogP contribution in [0.1, 0.15) is 38.8 Å². The van der Waals surface area contributed by atoms with E-state index in [1.54, 1.807) is 11.1 Å². The van der Waals surface area contributed by atoms with Crippen molar-refractivity contribution < 1.29 is 24.6 Å². The number of imide groups is 1. The van der Waals surface area contributed by atoms with Gasteiger partial charge in [-0.25, -0.2) is 14.8 Å². The Bertz CT molecular complexity index is 832. The number of rotatable bonds is 6. The molecule has 2 N–H and O–H groups in total. The Morgan fingerprint density at radius 2 is 1.87 bits per heavy atom. The smallest absolute Gasteiger partial charge is 0.327 e. The summed E-state index contributed by atoms with van der Waals surface area (Å²) in [6.07, 6.45) is 4.35. The van der Waals surface area contributed by atoms with Gasteiger partial charge in [0.05, 0.1) is 0 Å². The number of hydrogen-bond donors (Lipinski definition) is 2. The zero-order valence-corrected chi connectivity index (χ0v) is 17.8. The first-order chi connectivity index (χ1) is 14.9. The normalized spacial score (nSPS) is 17.6. The molecule has 0 aromatic carbocycles. The molecule has 0 unspecified atom stereocenters. The number of anilines is 1. The summed E-state index contributed by atoms with van der Waals surface area (Å²) in [5.74, 6) is 0.574. The minimum atomic E-state index is -0.859. The van der Waals surface area contributed by atoms with Gasteiger partial charge in [-0.05, 0) is 25.2 Å². The number of hydrogen-bond acceptors (Lipinski definition) is 8. The van der Waals surface area contributed by atoms with Crippen LogP contribution in [0.2, 0.25) is 0 Å². The highest BCUT2D eigenvalue weighted by molar-refractivity contribution is 6.07. The number of carbonyl (C=O) groups is 3. The van der Waals surface area contributed by atoms with Crippen LogP contribution in [-0.4, -0.2) is 86.7 Å². The molecule has 31 heavy (non-hydrogen) atoms. The zero-order chi connectivity index (χ0) is 23.0. The van der Waals surface area contributed by atoms with Gasteiger partial charge < -0.3 is 20.0 Å². The van der Waals surface area contributed by atoms with E-state index >= 15 is 0 Å². The molecule has 3 rings (SSSR count). The molecule has 0 atom stereocenters. The molecule has 2 aliphatic rings. The molecular formula is C20H28N6O5. The Labute approximate surface area is 180 Å². The predicted octanol–water partition coefficient (Wildman–Crippen LogP) is 0.691. The summed E-state index contributed by atoms with van der Waals surface area (Å²) in [4.78, 5) is 47.9. The van der Waals surface area contributed by atoms with Crippen LogP contribution in [0.5, 0.6) is 0 Å². The molecule has 3 heterocycles. The number of aliphatic hydroxyl groups excluding tert-OH is 1. The lowest BCUT2D eigenvalue weighted by Crippen LogP contribution is -2.57. The lowest BCUT2D eigenvalue weighted by molar-refractivity contribution is -0.134. The van der Waals surface area contributed by atoms with Crippen molar-refractivity contribution in [2.45, 2.75) is 38.6 Å². The van der Waals surface area contributed by atoms with Crippen LogP contribution in [-0.2, 0) is 9.59 Å². The van der Waals surface area contributed by atoms with Crippen molar-refractivity contribution in [1.82, 2.24) is 19.8 Å². The number of nitrogens with zero attached hydrogens (tertiary/aromatic N) is 6. The first-order valence-electron chi connectivity index (χ1n) is 10.1. The minimum Gasteiger partial charge on any atom is -0.483 e. The summed E-state index contributed by atoms with van der Waals surface area (Å²) in [5, 5.41) is 25.3. The van der Waals surface area contributed by atoms with Gasteiger partial charge in [0.25, 0.3) is 12.4 Å². The maximum atomic E-state index is 13.2. The summed E-state index contributed by atoms with van der Waals surface area (Å²) in [7, 11) is 0. The molecule has 0 saturated carbocycles. The van der Waals surface area contributed by atoms with E-state index in [1.165, 1.54) is 11.1 Å². The Morgan fingerprint density at radius 3 is 2.42 bits per heavy atom. The van der Waals surface area contributed by atoms with Gasteiger partial charge in [-0.15, -0.1) is 0 Å². The minimum absolute atomic E-state index is 0.0639. The monoisotopic (exact) mass is 432 g/mol. The second-order valence-corrected chi connectivity index (χ2v) is 7.79. The van der Waals surface area contributed by atoms with E-state index in [1.807, 2.05) is 18.7 Å². The fraction of sp³-hybridized carbons (Fsp3) is 0.600. The maximum absolute atomic E-state index is 13.2. The number of carbonyl (C=O) groups excluding carboxylic acids is 2. The molecule has 0 radical (unpaired) electrons. The van der Waals surface area contributed by atoms with Crippen LogP contribution in [0.15, 0.2) is 12.4 Å². The molecule has 2 saturated heterocycles. The molecule has 3 amide bonds. The number of carboxylic acid groups (broad SMARTS) is 1. The largest absolute Gasteiger partial charge is 0.483 e. The van der Waals surface area contributed by atoms with Gasteiger partial charge in [0.1, 0.15) is 11.6 Å². The third kappa shape index (κ3) is 4.91. The van der Waals surface area contributed by atoms with E-state index in [0.717, 1.165) is 0 Å². The van der Waals surface area contributed by atoms with E-state index in [-0.39, 0.29) is 43.2 Å². The SMILES string of the molecule is CC(C)CN1C(=O)N(CCCO)C(=O)C12CCN(c1nccnc1C#N)CC2.O=CO. The van der Waals surface area contributed by atoms with Gasteiger partial charge in [0.2, 0.25) is 0 Å². The third-order valence-corrected chi connectivity index (χ3v) is 5.38. The van der Waals surface area contributed by atoms with Crippen LogP contribution < -0.4 is 4.90 Å². The summed E-state index contributed by atoms with van der Waals surface area (Å²) in [6, 6.07) is 1.79. The highest BCUT2D eigenvalue weighted by Crippen LogP contribution is 2.39. The van der Waals surface area contributed by atoms with Crippen LogP contribution in [0.3, 0.4) is 0 Å². The van der Waals surface area contributed by atoms with Gasteiger partial charge in [0, 0.05) is 45.2 Å². The van der Waals surface area contributed by atoms with E-state index < -0.39 is 5.54 Å². The first-order valence-corrected chi connectivity index (χ1v) is 10.1. The number of aliphatic hydroxyl groups is 1. The quantitative estimate of drug-likeness (QED) is 0.488. The van der Waals surface area contributed by atoms with Gasteiger partial charge in [-0.1, -0.05) is 13.8 Å². The van der Waals surface area contributed by atoms with Crippen molar-refractivity contribution in [3.8, 4) is 6.07 Å². The maximum Gasteiger partial charge on any atom is 0.327 e. The highest BCUT2D eigenvalue weighted by atomic mass is 16.3. The van der Waals surface area contributed by atoms with Gasteiger partial charge in [-0.2, -0.15) is 5.26 Å². The second-order valence-electron chi connectivity index (χ2n) is 7.79. The number of aromatic nitrogens is 2. The summed E-state index contributed by atoms with van der Waals surface area (Å²) >= 11 is 0. The summed E-state index contributed by atoms with van der Waals surface area (Å²) < 4.78 is 0. The van der Waals surface area contributed by atoms with Gasteiger partial charge >= 0.3 is 6.03 Å². The number of nitriles is 1. The Hall–Kier alpha value is -3.26. The summed E-state index contributed by atoms with van der Waals surface area (Å²) in [5.41, 5.74) is -0.599. The Morgan fingerprint density at radius 1 is 1.26 bits per heavy atom. The molecule has 168 valence electrons. The third-order valence-electron chi connectivity index (χ3n) is 5.38. The lowest BCUT2D eigenvalue weighted by atomic mass is 9.85. The Kier molecular flexibility index (Phi) is 8.27. The summed E-state index contributed by atoms with van der Waals surface area (Å²) in [6.45, 7) is 5.49. The van der Waals surface area contributed by atoms with E-state index in [2.05, 4.69) is 16.0 Å². The van der Waals surface area contributed by atoms with Crippen molar-refractivity contribution in [2.75, 3.05) is 37.7 Å². The van der Waals surface area contributed by atoms with E-state index in [0.29, 0.717) is 44.7 Å². The molecule has 1 aromatic heterocycles. The fourth-order valence-electron chi connectivity index (χ4n) is 4.04. The zero-order valence-electron chi connectivity index (χ0n) is 17.8.